The fourth-order valence-electron chi connectivity index (χ4n) is 1.93. The lowest BCUT2D eigenvalue weighted by molar-refractivity contribution is 0.595. The van der Waals surface area contributed by atoms with Crippen molar-refractivity contribution in [1.82, 2.24) is 21.3 Å². The Morgan fingerprint density at radius 1 is 1.00 bits per heavy atom. The molecule has 0 aromatic carbocycles. The van der Waals surface area contributed by atoms with Crippen LogP contribution in [0.5, 0.6) is 0 Å². The van der Waals surface area contributed by atoms with Crippen LogP contribution in [0, 0.1) is 0 Å². The highest BCUT2D eigenvalue weighted by atomic mass is 32.1. The molecule has 2 saturated heterocycles. The first-order chi connectivity index (χ1) is 6.66. The van der Waals surface area contributed by atoms with E-state index in [4.69, 9.17) is 12.2 Å². The molecule has 5 heteroatoms. The quantitative estimate of drug-likeness (QED) is 0.452. The average molecular weight is 214 g/mol. The highest BCUT2D eigenvalue weighted by molar-refractivity contribution is 7.80. The van der Waals surface area contributed by atoms with Crippen molar-refractivity contribution in [2.45, 2.75) is 38.3 Å². The third kappa shape index (κ3) is 2.12. The zero-order chi connectivity index (χ0) is 10.1. The molecule has 0 aromatic heterocycles. The zero-order valence-corrected chi connectivity index (χ0v) is 9.45. The molecule has 0 spiro atoms. The molecule has 2 rings (SSSR count). The van der Waals surface area contributed by atoms with E-state index in [2.05, 4.69) is 35.1 Å². The Labute approximate surface area is 90.2 Å². The number of thiocarbonyl (C=S) groups is 1. The van der Waals surface area contributed by atoms with E-state index in [1.165, 1.54) is 0 Å². The Morgan fingerprint density at radius 2 is 1.43 bits per heavy atom. The lowest BCUT2D eigenvalue weighted by Gasteiger charge is -2.19. The summed E-state index contributed by atoms with van der Waals surface area (Å²) in [7, 11) is 0. The van der Waals surface area contributed by atoms with Crippen LogP contribution in [0.1, 0.15) is 13.8 Å². The van der Waals surface area contributed by atoms with Crippen molar-refractivity contribution < 1.29 is 0 Å². The van der Waals surface area contributed by atoms with Crippen molar-refractivity contribution in [3.8, 4) is 0 Å². The molecule has 2 fully saturated rings. The molecule has 2 heterocycles. The van der Waals surface area contributed by atoms with Gasteiger partial charge in [0.15, 0.2) is 0 Å². The summed E-state index contributed by atoms with van der Waals surface area (Å²) in [5, 5.41) is 13.6. The smallest absolute Gasteiger partial charge is 0.0932 e. The van der Waals surface area contributed by atoms with Gasteiger partial charge in [-0.25, -0.2) is 0 Å². The van der Waals surface area contributed by atoms with Crippen LogP contribution in [0.3, 0.4) is 0 Å². The minimum absolute atomic E-state index is 0.176. The molecule has 2 aliphatic rings. The first-order valence-corrected chi connectivity index (χ1v) is 5.60. The van der Waals surface area contributed by atoms with Gasteiger partial charge in [0.25, 0.3) is 0 Å². The first kappa shape index (κ1) is 10.4. The molecule has 0 radical (unpaired) electrons. The van der Waals surface area contributed by atoms with Gasteiger partial charge in [-0.05, 0) is 13.8 Å². The molecule has 0 amide bonds. The van der Waals surface area contributed by atoms with Crippen molar-refractivity contribution in [3.63, 3.8) is 0 Å². The minimum Gasteiger partial charge on any atom is -0.296 e. The van der Waals surface area contributed by atoms with Crippen LogP contribution in [-0.2, 0) is 0 Å². The van der Waals surface area contributed by atoms with Gasteiger partial charge in [0.05, 0.1) is 17.2 Å². The molecule has 0 aromatic rings. The van der Waals surface area contributed by atoms with E-state index in [0.29, 0.717) is 12.1 Å². The van der Waals surface area contributed by atoms with Crippen LogP contribution >= 0.6 is 12.2 Å². The van der Waals surface area contributed by atoms with Gasteiger partial charge in [-0.2, -0.15) is 0 Å². The molecule has 4 unspecified atom stereocenters. The predicted octanol–water partition coefficient (Wildman–Crippen LogP) is -0.829. The highest BCUT2D eigenvalue weighted by Crippen LogP contribution is 2.03. The maximum absolute atomic E-state index is 5.43. The topological polar surface area (TPSA) is 48.1 Å². The monoisotopic (exact) mass is 214 g/mol. The summed E-state index contributed by atoms with van der Waals surface area (Å²) in [4.78, 5) is 0.999. The average Bonchev–Trinajstić information content (AvgIpc) is 2.73. The van der Waals surface area contributed by atoms with Crippen molar-refractivity contribution >= 4 is 17.1 Å². The van der Waals surface area contributed by atoms with Crippen LogP contribution in [0.25, 0.3) is 0 Å². The molecule has 14 heavy (non-hydrogen) atoms. The van der Waals surface area contributed by atoms with Crippen molar-refractivity contribution in [2.24, 2.45) is 0 Å². The van der Waals surface area contributed by atoms with Crippen molar-refractivity contribution in [1.29, 1.82) is 0 Å². The van der Waals surface area contributed by atoms with Crippen molar-refractivity contribution in [2.75, 3.05) is 13.1 Å². The summed E-state index contributed by atoms with van der Waals surface area (Å²) < 4.78 is 0. The van der Waals surface area contributed by atoms with Gasteiger partial charge < -0.3 is 0 Å². The Kier molecular flexibility index (Phi) is 3.14. The molecule has 0 saturated carbocycles. The molecule has 0 bridgehead atoms. The third-order valence-corrected chi connectivity index (χ3v) is 3.20. The lowest BCUT2D eigenvalue weighted by atomic mass is 10.3. The fourth-order valence-corrected chi connectivity index (χ4v) is 2.23. The highest BCUT2D eigenvalue weighted by Gasteiger charge is 2.31. The summed E-state index contributed by atoms with van der Waals surface area (Å²) in [5.74, 6) is 0. The maximum Gasteiger partial charge on any atom is 0.0932 e. The van der Waals surface area contributed by atoms with Gasteiger partial charge in [0.2, 0.25) is 0 Å². The molecule has 4 N–H and O–H groups in total. The van der Waals surface area contributed by atoms with Gasteiger partial charge in [-0.3, -0.25) is 21.3 Å². The van der Waals surface area contributed by atoms with E-state index in [-0.39, 0.29) is 12.3 Å². The van der Waals surface area contributed by atoms with Gasteiger partial charge in [0, 0.05) is 25.2 Å². The third-order valence-electron chi connectivity index (χ3n) is 2.73. The molecular formula is C9H18N4S. The lowest BCUT2D eigenvalue weighted by Crippen LogP contribution is -2.52. The summed E-state index contributed by atoms with van der Waals surface area (Å²) in [5.41, 5.74) is 0. The largest absolute Gasteiger partial charge is 0.296 e. The number of hydrogen-bond acceptors (Lipinski definition) is 5. The summed E-state index contributed by atoms with van der Waals surface area (Å²) in [6.07, 6.45) is 0.352. The summed E-state index contributed by atoms with van der Waals surface area (Å²) in [6.45, 7) is 6.31. The number of hydrogen-bond donors (Lipinski definition) is 4. The van der Waals surface area contributed by atoms with Crippen LogP contribution in [0.2, 0.25) is 0 Å². The number of rotatable bonds is 2. The van der Waals surface area contributed by atoms with E-state index < -0.39 is 0 Å². The Bertz CT molecular complexity index is 211. The number of nitrogens with one attached hydrogen (secondary N) is 4. The van der Waals surface area contributed by atoms with Crippen LogP contribution in [0.4, 0.5) is 0 Å². The second-order valence-corrected chi connectivity index (χ2v) is 4.69. The first-order valence-electron chi connectivity index (χ1n) is 5.19. The Balaban J connectivity index is 1.89. The predicted molar refractivity (Wildman–Crippen MR) is 61.4 cm³/mol. The van der Waals surface area contributed by atoms with Crippen LogP contribution in [0.15, 0.2) is 0 Å². The van der Waals surface area contributed by atoms with Gasteiger partial charge in [-0.15, -0.1) is 0 Å². The normalized spacial score (nSPS) is 43.0. The summed E-state index contributed by atoms with van der Waals surface area (Å²) >= 11 is 5.43. The zero-order valence-electron chi connectivity index (χ0n) is 8.63. The van der Waals surface area contributed by atoms with E-state index >= 15 is 0 Å². The second kappa shape index (κ2) is 4.20. The molecule has 4 atom stereocenters. The minimum atomic E-state index is 0.176. The second-order valence-electron chi connectivity index (χ2n) is 4.22. The maximum atomic E-state index is 5.43. The van der Waals surface area contributed by atoms with Crippen LogP contribution in [-0.4, -0.2) is 42.4 Å². The van der Waals surface area contributed by atoms with E-state index in [0.717, 1.165) is 18.0 Å². The van der Waals surface area contributed by atoms with Gasteiger partial charge >= 0.3 is 0 Å². The summed E-state index contributed by atoms with van der Waals surface area (Å²) in [6, 6.07) is 1.02. The van der Waals surface area contributed by atoms with E-state index in [1.807, 2.05) is 0 Å². The van der Waals surface area contributed by atoms with Gasteiger partial charge in [0.1, 0.15) is 0 Å². The molecule has 2 aliphatic heterocycles. The van der Waals surface area contributed by atoms with Crippen molar-refractivity contribution in [3.05, 3.63) is 0 Å². The molecule has 0 aliphatic carbocycles. The standard InChI is InChI=1S/C9H18N4S/c1-5-3-10-8(12-5)7(14)9-11-4-6(2)13-9/h5-6,8-13H,3-4H2,1-2H3. The SMILES string of the molecule is CC1CNC(C(=S)C2NCC(C)N2)N1. The Hall–Kier alpha value is -0.0700. The fraction of sp³-hybridized carbons (Fsp3) is 0.889. The Morgan fingerprint density at radius 3 is 1.71 bits per heavy atom. The van der Waals surface area contributed by atoms with Gasteiger partial charge in [-0.1, -0.05) is 12.2 Å². The molecule has 4 nitrogen and oxygen atoms in total. The molecule has 80 valence electrons. The van der Waals surface area contributed by atoms with E-state index in [9.17, 15) is 0 Å². The van der Waals surface area contributed by atoms with E-state index in [1.54, 1.807) is 0 Å². The molecular weight excluding hydrogens is 196 g/mol. The van der Waals surface area contributed by atoms with Crippen LogP contribution < -0.4 is 21.3 Å².